The molecule has 11 heteroatoms. The number of rotatable bonds is 10. The molecule has 0 radical (unpaired) electrons. The van der Waals surface area contributed by atoms with Crippen molar-refractivity contribution in [1.29, 1.82) is 0 Å². The van der Waals surface area contributed by atoms with E-state index in [9.17, 15) is 22.8 Å². The first-order valence-electron chi connectivity index (χ1n) is 13.0. The number of amides is 2. The second-order valence-electron chi connectivity index (χ2n) is 12.1. The van der Waals surface area contributed by atoms with Gasteiger partial charge in [-0.15, -0.1) is 0 Å². The molecule has 0 fully saturated rings. The van der Waals surface area contributed by atoms with Gasteiger partial charge in [0.1, 0.15) is 22.6 Å². The predicted molar refractivity (Wildman–Crippen MR) is 150 cm³/mol. The van der Waals surface area contributed by atoms with Crippen molar-refractivity contribution in [2.24, 2.45) is 17.3 Å². The summed E-state index contributed by atoms with van der Waals surface area (Å²) >= 11 is 0. The zero-order chi connectivity index (χ0) is 29.8. The van der Waals surface area contributed by atoms with E-state index in [4.69, 9.17) is 4.74 Å². The molecule has 1 aromatic carbocycles. The molecule has 0 unspecified atom stereocenters. The van der Waals surface area contributed by atoms with Gasteiger partial charge in [-0.05, 0) is 50.7 Å². The van der Waals surface area contributed by atoms with Crippen molar-refractivity contribution in [2.45, 2.75) is 84.4 Å². The number of hydrogen-bond acceptors (Lipinski definition) is 7. The molecule has 216 valence electrons. The lowest BCUT2D eigenvalue weighted by Crippen LogP contribution is -2.58. The largest absolute Gasteiger partial charge is 0.459 e. The van der Waals surface area contributed by atoms with E-state index in [1.807, 2.05) is 13.8 Å². The Hall–Kier alpha value is -3.05. The lowest BCUT2D eigenvalue weighted by molar-refractivity contribution is -0.160. The number of benzene rings is 1. The van der Waals surface area contributed by atoms with E-state index in [0.717, 1.165) is 0 Å². The molecule has 0 aliphatic rings. The first-order valence-corrected chi connectivity index (χ1v) is 14.5. The molecule has 1 aromatic heterocycles. The summed E-state index contributed by atoms with van der Waals surface area (Å²) in [6.07, 6.45) is 1.63. The van der Waals surface area contributed by atoms with Crippen LogP contribution in [0.1, 0.15) is 61.8 Å². The van der Waals surface area contributed by atoms with Crippen LogP contribution in [-0.2, 0) is 29.1 Å². The van der Waals surface area contributed by atoms with Crippen LogP contribution in [0.2, 0.25) is 0 Å². The first-order chi connectivity index (χ1) is 17.9. The monoisotopic (exact) mass is 562 g/mol. The molecule has 2 aromatic rings. The van der Waals surface area contributed by atoms with Crippen molar-refractivity contribution in [2.75, 3.05) is 7.05 Å². The van der Waals surface area contributed by atoms with Crippen molar-refractivity contribution < 1.29 is 27.5 Å². The molecule has 0 aliphatic carbocycles. The van der Waals surface area contributed by atoms with Crippen LogP contribution < -0.4 is 15.4 Å². The van der Waals surface area contributed by atoms with Crippen LogP contribution in [0.4, 0.5) is 0 Å². The molecule has 0 saturated heterocycles. The Morgan fingerprint density at radius 2 is 1.59 bits per heavy atom. The van der Waals surface area contributed by atoms with Gasteiger partial charge >= 0.3 is 5.97 Å². The number of sulfonamides is 1. The molecule has 3 N–H and O–H groups in total. The second-order valence-corrected chi connectivity index (χ2v) is 13.8. The summed E-state index contributed by atoms with van der Waals surface area (Å²) in [7, 11) is -2.88. The number of likely N-dealkylation sites (N-methyl/N-ethyl adjacent to an activating group) is 1. The molecule has 3 atom stereocenters. The zero-order valence-electron chi connectivity index (χ0n) is 24.3. The van der Waals surface area contributed by atoms with Crippen LogP contribution >= 0.6 is 0 Å². The fourth-order valence-electron chi connectivity index (χ4n) is 4.15. The fourth-order valence-corrected chi connectivity index (χ4v) is 5.56. The van der Waals surface area contributed by atoms with Crippen molar-refractivity contribution in [1.82, 2.24) is 20.3 Å². The molecule has 0 saturated carbocycles. The van der Waals surface area contributed by atoms with Crippen LogP contribution in [-0.4, -0.2) is 55.9 Å². The molecule has 0 aliphatic heterocycles. The highest BCUT2D eigenvalue weighted by molar-refractivity contribution is 7.89. The van der Waals surface area contributed by atoms with Gasteiger partial charge in [0, 0.05) is 18.6 Å². The number of fused-ring (bicyclic) bond motifs is 1. The topological polar surface area (TPSA) is 144 Å². The number of carbonyl (C=O) groups excluding carboxylic acids is 3. The number of pyridine rings is 1. The maximum absolute atomic E-state index is 13.8. The molecule has 2 amide bonds. The predicted octanol–water partition coefficient (Wildman–Crippen LogP) is 3.16. The highest BCUT2D eigenvalue weighted by Crippen LogP contribution is 2.26. The van der Waals surface area contributed by atoms with E-state index < -0.39 is 56.8 Å². The summed E-state index contributed by atoms with van der Waals surface area (Å²) in [5.41, 5.74) is -1.38. The minimum absolute atomic E-state index is 0.0949. The Morgan fingerprint density at radius 3 is 2.13 bits per heavy atom. The van der Waals surface area contributed by atoms with Crippen molar-refractivity contribution in [3.63, 3.8) is 0 Å². The van der Waals surface area contributed by atoms with Crippen LogP contribution in [0.3, 0.4) is 0 Å². The van der Waals surface area contributed by atoms with Crippen LogP contribution in [0.25, 0.3) is 10.9 Å². The third-order valence-electron chi connectivity index (χ3n) is 5.95. The Balaban J connectivity index is 2.61. The number of carbonyl (C=O) groups is 3. The van der Waals surface area contributed by atoms with Gasteiger partial charge in [0.2, 0.25) is 21.8 Å². The number of nitrogens with zero attached hydrogens (tertiary/aromatic N) is 1. The number of hydrogen-bond donors (Lipinski definition) is 3. The number of esters is 1. The van der Waals surface area contributed by atoms with Crippen molar-refractivity contribution in [3.8, 4) is 0 Å². The average molecular weight is 563 g/mol. The number of aromatic nitrogens is 1. The van der Waals surface area contributed by atoms with Gasteiger partial charge in [0.25, 0.3) is 0 Å². The van der Waals surface area contributed by atoms with Gasteiger partial charge in [0.15, 0.2) is 0 Å². The molecule has 10 nitrogen and oxygen atoms in total. The molecular formula is C28H42N4O6S. The summed E-state index contributed by atoms with van der Waals surface area (Å²) in [4.78, 5) is 44.0. The fraction of sp³-hybridized carbons (Fsp3) is 0.571. The average Bonchev–Trinajstić information content (AvgIpc) is 2.81. The lowest BCUT2D eigenvalue weighted by atomic mass is 9.84. The Morgan fingerprint density at radius 1 is 0.974 bits per heavy atom. The zero-order valence-corrected chi connectivity index (χ0v) is 25.1. The molecule has 2 rings (SSSR count). The number of para-hydroxylation sites is 1. The summed E-state index contributed by atoms with van der Waals surface area (Å²) in [6, 6.07) is 5.62. The SMILES string of the molecule is CNC(=O)[C@@H](NC(=O)[C@H](CC(C)C)[C@H](NS(=O)(=O)c1cccc2cccnc12)C(=O)OC(C)(C)C)C(C)(C)C. The Kier molecular flexibility index (Phi) is 10.2. The highest BCUT2D eigenvalue weighted by atomic mass is 32.2. The lowest BCUT2D eigenvalue weighted by Gasteiger charge is -2.34. The van der Waals surface area contributed by atoms with Gasteiger partial charge in [-0.3, -0.25) is 19.4 Å². The molecule has 0 spiro atoms. The molecule has 0 bridgehead atoms. The summed E-state index contributed by atoms with van der Waals surface area (Å²) in [5, 5.41) is 5.91. The standard InChI is InChI=1S/C28H42N4O6S/c1-17(2)16-19(24(33)31-23(25(34)29-9)27(3,4)5)22(26(35)38-28(6,7)8)32-39(36,37)20-14-10-12-18-13-11-15-30-21(18)20/h10-15,17,19,22-23,32H,16H2,1-9H3,(H,29,34)(H,31,33)/t19-,22+,23-/m1/s1. The summed E-state index contributed by atoms with van der Waals surface area (Å²) in [5.74, 6) is -3.21. The van der Waals surface area contributed by atoms with E-state index in [0.29, 0.717) is 5.39 Å². The summed E-state index contributed by atoms with van der Waals surface area (Å²) < 4.78 is 35.5. The highest BCUT2D eigenvalue weighted by Gasteiger charge is 2.42. The van der Waals surface area contributed by atoms with Crippen LogP contribution in [0.5, 0.6) is 0 Å². The van der Waals surface area contributed by atoms with Gasteiger partial charge in [0.05, 0.1) is 11.4 Å². The Bertz CT molecular complexity index is 1290. The van der Waals surface area contributed by atoms with Gasteiger partial charge in [-0.1, -0.05) is 52.8 Å². The maximum atomic E-state index is 13.8. The van der Waals surface area contributed by atoms with Gasteiger partial charge < -0.3 is 15.4 Å². The van der Waals surface area contributed by atoms with Crippen molar-refractivity contribution >= 4 is 38.7 Å². The third-order valence-corrected chi connectivity index (χ3v) is 7.43. The smallest absolute Gasteiger partial charge is 0.325 e. The second kappa shape index (κ2) is 12.4. The molecular weight excluding hydrogens is 520 g/mol. The first kappa shape index (κ1) is 32.2. The summed E-state index contributed by atoms with van der Waals surface area (Å²) in [6.45, 7) is 14.1. The number of nitrogens with one attached hydrogen (secondary N) is 3. The van der Waals surface area contributed by atoms with E-state index in [1.165, 1.54) is 19.3 Å². The van der Waals surface area contributed by atoms with Crippen molar-refractivity contribution in [3.05, 3.63) is 36.5 Å². The third kappa shape index (κ3) is 8.72. The molecule has 1 heterocycles. The normalized spacial score (nSPS) is 14.9. The van der Waals surface area contributed by atoms with E-state index in [2.05, 4.69) is 20.3 Å². The minimum atomic E-state index is -4.35. The van der Waals surface area contributed by atoms with Gasteiger partial charge in [-0.25, -0.2) is 8.42 Å². The quantitative estimate of drug-likeness (QED) is 0.377. The Labute approximate surface area is 231 Å². The van der Waals surface area contributed by atoms with Crippen LogP contribution in [0, 0.1) is 17.3 Å². The van der Waals surface area contributed by atoms with E-state index in [-0.39, 0.29) is 22.8 Å². The van der Waals surface area contributed by atoms with E-state index in [1.54, 1.807) is 65.8 Å². The van der Waals surface area contributed by atoms with Gasteiger partial charge in [-0.2, -0.15) is 4.72 Å². The maximum Gasteiger partial charge on any atom is 0.325 e. The van der Waals surface area contributed by atoms with Crippen LogP contribution in [0.15, 0.2) is 41.4 Å². The molecule has 39 heavy (non-hydrogen) atoms. The minimum Gasteiger partial charge on any atom is -0.459 e. The number of ether oxygens (including phenoxy) is 1. The van der Waals surface area contributed by atoms with E-state index >= 15 is 0 Å².